The zero-order chi connectivity index (χ0) is 13.5. The average Bonchev–Trinajstić information content (AvgIpc) is 2.64. The molecule has 0 radical (unpaired) electrons. The molecule has 0 aliphatic carbocycles. The zero-order valence-corrected chi connectivity index (χ0v) is 13.0. The van der Waals surface area contributed by atoms with E-state index in [0.717, 1.165) is 11.3 Å². The van der Waals surface area contributed by atoms with Crippen molar-refractivity contribution < 1.29 is 0 Å². The van der Waals surface area contributed by atoms with Crippen LogP contribution in [-0.2, 0) is 5.41 Å². The smallest absolute Gasteiger partial charge is 0.177 e. The molecule has 102 valence electrons. The number of piperidine rings is 1. The molecule has 0 aromatic carbocycles. The highest BCUT2D eigenvalue weighted by molar-refractivity contribution is 7.71. The maximum Gasteiger partial charge on any atom is 0.177 e. The second-order valence-corrected chi connectivity index (χ2v) is 6.99. The molecule has 4 heteroatoms. The van der Waals surface area contributed by atoms with Gasteiger partial charge in [-0.15, -0.1) is 0 Å². The molecule has 2 heterocycles. The Bertz CT molecular complexity index is 466. The van der Waals surface area contributed by atoms with Crippen LogP contribution in [0.15, 0.2) is 6.20 Å². The van der Waals surface area contributed by atoms with Crippen molar-refractivity contribution in [1.29, 1.82) is 0 Å². The van der Waals surface area contributed by atoms with Crippen molar-refractivity contribution in [2.45, 2.75) is 58.0 Å². The van der Waals surface area contributed by atoms with Gasteiger partial charge >= 0.3 is 0 Å². The first-order valence-corrected chi connectivity index (χ1v) is 7.22. The molecule has 1 aromatic heterocycles. The standard InChI is InChI=1S/C14H25N3S/c1-10-8-11(6-7-16(10)5)17-12(14(2,3)4)9-15-13(17)18/h9-11H,6-8H2,1-5H3,(H,15,18). The van der Waals surface area contributed by atoms with Gasteiger partial charge in [0.1, 0.15) is 0 Å². The highest BCUT2D eigenvalue weighted by Gasteiger charge is 2.28. The lowest BCUT2D eigenvalue weighted by atomic mass is 9.91. The highest BCUT2D eigenvalue weighted by atomic mass is 32.1. The summed E-state index contributed by atoms with van der Waals surface area (Å²) in [5, 5.41) is 0. The van der Waals surface area contributed by atoms with Gasteiger partial charge in [-0.05, 0) is 39.0 Å². The third kappa shape index (κ3) is 2.54. The van der Waals surface area contributed by atoms with E-state index in [1.807, 2.05) is 0 Å². The predicted octanol–water partition coefficient (Wildman–Crippen LogP) is 3.50. The van der Waals surface area contributed by atoms with Gasteiger partial charge in [-0.1, -0.05) is 20.8 Å². The quantitative estimate of drug-likeness (QED) is 0.787. The molecule has 2 unspecified atom stereocenters. The molecule has 18 heavy (non-hydrogen) atoms. The average molecular weight is 267 g/mol. The fourth-order valence-electron chi connectivity index (χ4n) is 2.82. The lowest BCUT2D eigenvalue weighted by Gasteiger charge is -2.37. The number of aromatic nitrogens is 2. The molecule has 1 saturated heterocycles. The number of nitrogens with one attached hydrogen (secondary N) is 1. The van der Waals surface area contributed by atoms with Crippen molar-refractivity contribution >= 4 is 12.2 Å². The Kier molecular flexibility index (Phi) is 3.70. The minimum atomic E-state index is 0.139. The van der Waals surface area contributed by atoms with Crippen LogP contribution in [0.1, 0.15) is 52.3 Å². The molecule has 1 aromatic rings. The monoisotopic (exact) mass is 267 g/mol. The van der Waals surface area contributed by atoms with Crippen molar-refractivity contribution in [2.24, 2.45) is 0 Å². The fourth-order valence-corrected chi connectivity index (χ4v) is 3.12. The second kappa shape index (κ2) is 4.82. The molecular formula is C14H25N3S. The molecule has 2 rings (SSSR count). The van der Waals surface area contributed by atoms with Gasteiger partial charge in [-0.2, -0.15) is 0 Å². The van der Waals surface area contributed by atoms with Crippen LogP contribution >= 0.6 is 12.2 Å². The van der Waals surface area contributed by atoms with Crippen LogP contribution in [0, 0.1) is 4.77 Å². The van der Waals surface area contributed by atoms with Crippen molar-refractivity contribution in [2.75, 3.05) is 13.6 Å². The molecule has 1 aliphatic rings. The molecule has 0 amide bonds. The van der Waals surface area contributed by atoms with Crippen molar-refractivity contribution in [3.8, 4) is 0 Å². The number of imidazole rings is 1. The molecule has 0 bridgehead atoms. The van der Waals surface area contributed by atoms with E-state index in [0.29, 0.717) is 12.1 Å². The minimum Gasteiger partial charge on any atom is -0.337 e. The van der Waals surface area contributed by atoms with Crippen LogP contribution in [-0.4, -0.2) is 34.1 Å². The number of H-pyrrole nitrogens is 1. The SMILES string of the molecule is CC1CC(n2c(C(C)(C)C)c[nH]c2=S)CCN1C. The van der Waals surface area contributed by atoms with Crippen LogP contribution in [0.3, 0.4) is 0 Å². The van der Waals surface area contributed by atoms with Gasteiger partial charge in [0.2, 0.25) is 0 Å². The molecule has 0 saturated carbocycles. The van der Waals surface area contributed by atoms with E-state index in [1.165, 1.54) is 18.5 Å². The first-order chi connectivity index (χ1) is 8.30. The topological polar surface area (TPSA) is 24.0 Å². The number of rotatable bonds is 1. The van der Waals surface area contributed by atoms with E-state index in [2.05, 4.69) is 55.4 Å². The van der Waals surface area contributed by atoms with Crippen LogP contribution in [0.2, 0.25) is 0 Å². The van der Waals surface area contributed by atoms with E-state index in [-0.39, 0.29) is 5.41 Å². The van der Waals surface area contributed by atoms with E-state index >= 15 is 0 Å². The Labute approximate surface area is 115 Å². The Hall–Kier alpha value is -0.610. The molecule has 2 atom stereocenters. The summed E-state index contributed by atoms with van der Waals surface area (Å²) < 4.78 is 3.24. The number of hydrogen-bond donors (Lipinski definition) is 1. The Morgan fingerprint density at radius 3 is 2.61 bits per heavy atom. The van der Waals surface area contributed by atoms with Gasteiger partial charge in [-0.25, -0.2) is 0 Å². The van der Waals surface area contributed by atoms with Gasteiger partial charge in [-0.3, -0.25) is 0 Å². The van der Waals surface area contributed by atoms with Crippen LogP contribution in [0.4, 0.5) is 0 Å². The van der Waals surface area contributed by atoms with E-state index in [4.69, 9.17) is 12.2 Å². The lowest BCUT2D eigenvalue weighted by Crippen LogP contribution is -2.39. The Balaban J connectivity index is 2.34. The molecule has 1 N–H and O–H groups in total. The molecule has 0 spiro atoms. The number of hydrogen-bond acceptors (Lipinski definition) is 2. The minimum absolute atomic E-state index is 0.139. The lowest BCUT2D eigenvalue weighted by molar-refractivity contribution is 0.153. The van der Waals surface area contributed by atoms with Crippen molar-refractivity contribution in [1.82, 2.24) is 14.5 Å². The van der Waals surface area contributed by atoms with Gasteiger partial charge in [0.05, 0.1) is 0 Å². The predicted molar refractivity (Wildman–Crippen MR) is 78.7 cm³/mol. The summed E-state index contributed by atoms with van der Waals surface area (Å²) in [6, 6.07) is 1.18. The van der Waals surface area contributed by atoms with Gasteiger partial charge < -0.3 is 14.5 Å². The number of nitrogens with zero attached hydrogens (tertiary/aromatic N) is 2. The first-order valence-electron chi connectivity index (χ1n) is 6.81. The third-order valence-corrected chi connectivity index (χ3v) is 4.44. The maximum atomic E-state index is 5.48. The zero-order valence-electron chi connectivity index (χ0n) is 12.2. The Morgan fingerprint density at radius 2 is 2.06 bits per heavy atom. The fraction of sp³-hybridized carbons (Fsp3) is 0.786. The maximum absolute atomic E-state index is 5.48. The van der Waals surface area contributed by atoms with Crippen LogP contribution in [0.25, 0.3) is 0 Å². The summed E-state index contributed by atoms with van der Waals surface area (Å²) in [6.07, 6.45) is 4.47. The summed E-state index contributed by atoms with van der Waals surface area (Å²) in [7, 11) is 2.21. The Morgan fingerprint density at radius 1 is 1.39 bits per heavy atom. The number of likely N-dealkylation sites (tertiary alicyclic amines) is 1. The van der Waals surface area contributed by atoms with Crippen LogP contribution in [0.5, 0.6) is 0 Å². The van der Waals surface area contributed by atoms with Crippen molar-refractivity contribution in [3.63, 3.8) is 0 Å². The molecular weight excluding hydrogens is 242 g/mol. The second-order valence-electron chi connectivity index (χ2n) is 6.61. The summed E-state index contributed by atoms with van der Waals surface area (Å²) >= 11 is 5.48. The van der Waals surface area contributed by atoms with Crippen molar-refractivity contribution in [3.05, 3.63) is 16.7 Å². The summed E-state index contributed by atoms with van der Waals surface area (Å²) in [6.45, 7) is 10.2. The third-order valence-electron chi connectivity index (χ3n) is 4.12. The highest BCUT2D eigenvalue weighted by Crippen LogP contribution is 2.32. The van der Waals surface area contributed by atoms with Gasteiger partial charge in [0.15, 0.2) is 4.77 Å². The summed E-state index contributed by atoms with van der Waals surface area (Å²) in [5.74, 6) is 0. The molecule has 1 fully saturated rings. The number of aromatic amines is 1. The van der Waals surface area contributed by atoms with E-state index in [9.17, 15) is 0 Å². The normalized spacial score (nSPS) is 26.5. The van der Waals surface area contributed by atoms with E-state index in [1.54, 1.807) is 0 Å². The molecule has 3 nitrogen and oxygen atoms in total. The summed E-state index contributed by atoms with van der Waals surface area (Å²) in [4.78, 5) is 5.67. The van der Waals surface area contributed by atoms with Gasteiger partial charge in [0.25, 0.3) is 0 Å². The van der Waals surface area contributed by atoms with Gasteiger partial charge in [0, 0.05) is 35.9 Å². The van der Waals surface area contributed by atoms with Crippen LogP contribution < -0.4 is 0 Å². The van der Waals surface area contributed by atoms with E-state index < -0.39 is 0 Å². The summed E-state index contributed by atoms with van der Waals surface area (Å²) in [5.41, 5.74) is 1.47. The first kappa shape index (κ1) is 13.8. The molecule has 1 aliphatic heterocycles. The largest absolute Gasteiger partial charge is 0.337 e.